The smallest absolute Gasteiger partial charge is 0.337 e. The number of benzene rings is 3. The molecule has 3 aromatic rings. The number of nitrogens with two attached hydrogens (primary N) is 1. The van der Waals surface area contributed by atoms with Gasteiger partial charge in [-0.3, -0.25) is 4.79 Å². The van der Waals surface area contributed by atoms with E-state index in [1.54, 1.807) is 18.2 Å². The highest BCUT2D eigenvalue weighted by atomic mass is 32.2. The van der Waals surface area contributed by atoms with Gasteiger partial charge in [-0.1, -0.05) is 48.5 Å². The first-order chi connectivity index (χ1) is 18.2. The van der Waals surface area contributed by atoms with Gasteiger partial charge in [0, 0.05) is 23.8 Å². The lowest BCUT2D eigenvalue weighted by Crippen LogP contribution is -2.24. The van der Waals surface area contributed by atoms with Crippen molar-refractivity contribution in [2.75, 3.05) is 30.5 Å². The van der Waals surface area contributed by atoms with Crippen LogP contribution in [0.4, 0.5) is 11.4 Å². The predicted molar refractivity (Wildman–Crippen MR) is 149 cm³/mol. The van der Waals surface area contributed by atoms with Crippen molar-refractivity contribution in [1.29, 1.82) is 0 Å². The number of hydrogen-bond acceptors (Lipinski definition) is 7. The molecule has 1 aliphatic heterocycles. The van der Waals surface area contributed by atoms with Crippen LogP contribution in [0.3, 0.4) is 0 Å². The number of esters is 1. The van der Waals surface area contributed by atoms with Gasteiger partial charge in [0.05, 0.1) is 35.9 Å². The molecule has 0 fully saturated rings. The summed E-state index contributed by atoms with van der Waals surface area (Å²) in [7, 11) is -1.91. The first kappa shape index (κ1) is 27.1. The van der Waals surface area contributed by atoms with Crippen molar-refractivity contribution in [1.82, 2.24) is 4.72 Å². The molecule has 0 aromatic heterocycles. The van der Waals surface area contributed by atoms with Crippen molar-refractivity contribution in [2.45, 2.75) is 18.9 Å². The van der Waals surface area contributed by atoms with Gasteiger partial charge in [0.15, 0.2) is 0 Å². The number of nitrogens with one attached hydrogen (secondary N) is 3. The van der Waals surface area contributed by atoms with Crippen LogP contribution >= 0.6 is 0 Å². The Bertz CT molecular complexity index is 1470. The van der Waals surface area contributed by atoms with Crippen LogP contribution in [0.1, 0.15) is 45.9 Å². The summed E-state index contributed by atoms with van der Waals surface area (Å²) < 4.78 is 29.7. The third-order valence-corrected chi connectivity index (χ3v) is 6.89. The Kier molecular flexibility index (Phi) is 8.26. The molecule has 9 nitrogen and oxygen atoms in total. The van der Waals surface area contributed by atoms with Crippen LogP contribution < -0.4 is 21.1 Å². The summed E-state index contributed by atoms with van der Waals surface area (Å²) in [6.07, 6.45) is 2.37. The molecular weight excluding hydrogens is 504 g/mol. The lowest BCUT2D eigenvalue weighted by Gasteiger charge is -2.16. The fourth-order valence-corrected chi connectivity index (χ4v) is 4.77. The van der Waals surface area contributed by atoms with E-state index in [-0.39, 0.29) is 11.9 Å². The van der Waals surface area contributed by atoms with Crippen LogP contribution in [0.2, 0.25) is 0 Å². The Morgan fingerprint density at radius 3 is 2.39 bits per heavy atom. The largest absolute Gasteiger partial charge is 0.465 e. The topological polar surface area (TPSA) is 140 Å². The van der Waals surface area contributed by atoms with E-state index in [1.165, 1.54) is 7.11 Å². The normalized spacial score (nSPS) is 14.9. The number of fused-ring (bicyclic) bond motifs is 1. The van der Waals surface area contributed by atoms with Gasteiger partial charge in [-0.15, -0.1) is 0 Å². The molecular formula is C28H30N4O5S. The fraction of sp³-hybridized carbons (Fsp3) is 0.214. The van der Waals surface area contributed by atoms with Crippen LogP contribution in [0.5, 0.6) is 0 Å². The van der Waals surface area contributed by atoms with Gasteiger partial charge in [-0.25, -0.2) is 17.9 Å². The van der Waals surface area contributed by atoms with Crippen molar-refractivity contribution >= 4 is 44.5 Å². The number of carbonyl (C=O) groups excluding carboxylic acids is 2. The van der Waals surface area contributed by atoms with Crippen LogP contribution in [0.15, 0.2) is 72.8 Å². The Hall–Kier alpha value is -3.99. The van der Waals surface area contributed by atoms with E-state index in [0.29, 0.717) is 47.5 Å². The second-order valence-corrected chi connectivity index (χ2v) is 10.8. The highest BCUT2D eigenvalue weighted by Crippen LogP contribution is 2.38. The highest BCUT2D eigenvalue weighted by Gasteiger charge is 2.29. The molecule has 0 spiro atoms. The summed E-state index contributed by atoms with van der Waals surface area (Å²) in [5.74, 6) is -0.763. The Labute approximate surface area is 222 Å². The average Bonchev–Trinajstić information content (AvgIpc) is 3.24. The van der Waals surface area contributed by atoms with Crippen LogP contribution in [0.25, 0.3) is 11.3 Å². The summed E-state index contributed by atoms with van der Waals surface area (Å²) in [6.45, 7) is 0.338. The molecule has 0 saturated heterocycles. The monoisotopic (exact) mass is 534 g/mol. The molecule has 0 aliphatic carbocycles. The molecule has 10 heteroatoms. The molecule has 3 aromatic carbocycles. The first-order valence-corrected chi connectivity index (χ1v) is 14.0. The van der Waals surface area contributed by atoms with E-state index in [1.807, 2.05) is 54.6 Å². The van der Waals surface area contributed by atoms with Crippen molar-refractivity contribution in [3.05, 3.63) is 95.1 Å². The van der Waals surface area contributed by atoms with Crippen molar-refractivity contribution < 1.29 is 22.7 Å². The Morgan fingerprint density at radius 1 is 1.03 bits per heavy atom. The van der Waals surface area contributed by atoms with Gasteiger partial charge in [0.2, 0.25) is 10.0 Å². The van der Waals surface area contributed by atoms with Crippen molar-refractivity contribution in [3.8, 4) is 0 Å². The van der Waals surface area contributed by atoms with Gasteiger partial charge in [-0.2, -0.15) is 0 Å². The SMILES string of the molecule is COC(=O)c1ccc2c(c1)NC(=O)C2=C(Nc1ccc(C(N)CCCNS(C)(=O)=O)cc1)c1ccccc1. The number of carbonyl (C=O) groups is 2. The molecule has 1 heterocycles. The first-order valence-electron chi connectivity index (χ1n) is 12.1. The van der Waals surface area contributed by atoms with Gasteiger partial charge >= 0.3 is 5.97 Å². The van der Waals surface area contributed by atoms with E-state index in [0.717, 1.165) is 23.1 Å². The maximum absolute atomic E-state index is 13.1. The minimum Gasteiger partial charge on any atom is -0.465 e. The molecule has 4 rings (SSSR count). The Morgan fingerprint density at radius 2 is 1.74 bits per heavy atom. The standard InChI is InChI=1S/C28H30N4O5S/c1-37-28(34)20-12-15-22-24(17-20)32-27(33)25(22)26(19-7-4-3-5-8-19)31-21-13-10-18(11-14-21)23(29)9-6-16-30-38(2,35)36/h3-5,7-8,10-15,17,23,30-31H,6,9,16,29H2,1-2H3,(H,32,33). The number of amides is 1. The number of sulfonamides is 1. The molecule has 0 radical (unpaired) electrons. The summed E-state index contributed by atoms with van der Waals surface area (Å²) in [6, 6.07) is 21.9. The Balaban J connectivity index is 1.60. The maximum atomic E-state index is 13.1. The van der Waals surface area contributed by atoms with Crippen LogP contribution in [-0.2, 0) is 19.6 Å². The van der Waals surface area contributed by atoms with Crippen LogP contribution in [-0.4, -0.2) is 40.2 Å². The number of hydrogen-bond donors (Lipinski definition) is 4. The van der Waals surface area contributed by atoms with Crippen molar-refractivity contribution in [2.24, 2.45) is 5.73 Å². The number of anilines is 2. The molecule has 1 amide bonds. The zero-order valence-corrected chi connectivity index (χ0v) is 22.0. The maximum Gasteiger partial charge on any atom is 0.337 e. The van der Waals surface area contributed by atoms with Gasteiger partial charge in [-0.05, 0) is 48.2 Å². The number of methoxy groups -OCH3 is 1. The third kappa shape index (κ3) is 6.46. The lowest BCUT2D eigenvalue weighted by atomic mass is 9.98. The second kappa shape index (κ2) is 11.6. The molecule has 1 aliphatic rings. The van der Waals surface area contributed by atoms with E-state index in [4.69, 9.17) is 10.5 Å². The zero-order chi connectivity index (χ0) is 27.3. The molecule has 5 N–H and O–H groups in total. The molecule has 1 atom stereocenters. The minimum absolute atomic E-state index is 0.242. The fourth-order valence-electron chi connectivity index (χ4n) is 4.25. The summed E-state index contributed by atoms with van der Waals surface area (Å²) in [5.41, 5.74) is 11.5. The minimum atomic E-state index is -3.22. The van der Waals surface area contributed by atoms with Gasteiger partial charge in [0.1, 0.15) is 0 Å². The predicted octanol–water partition coefficient (Wildman–Crippen LogP) is 3.73. The van der Waals surface area contributed by atoms with E-state index in [2.05, 4.69) is 15.4 Å². The molecule has 0 saturated carbocycles. The quantitative estimate of drug-likeness (QED) is 0.177. The average molecular weight is 535 g/mol. The van der Waals surface area contributed by atoms with E-state index < -0.39 is 16.0 Å². The summed E-state index contributed by atoms with van der Waals surface area (Å²) in [5, 5.41) is 6.26. The summed E-state index contributed by atoms with van der Waals surface area (Å²) >= 11 is 0. The number of rotatable bonds is 10. The third-order valence-electron chi connectivity index (χ3n) is 6.16. The summed E-state index contributed by atoms with van der Waals surface area (Å²) in [4.78, 5) is 25.1. The van der Waals surface area contributed by atoms with Crippen LogP contribution in [0, 0.1) is 0 Å². The van der Waals surface area contributed by atoms with E-state index in [9.17, 15) is 18.0 Å². The second-order valence-electron chi connectivity index (χ2n) is 8.98. The number of ether oxygens (including phenoxy) is 1. The van der Waals surface area contributed by atoms with Crippen molar-refractivity contribution in [3.63, 3.8) is 0 Å². The van der Waals surface area contributed by atoms with Gasteiger partial charge in [0.25, 0.3) is 5.91 Å². The highest BCUT2D eigenvalue weighted by molar-refractivity contribution is 7.88. The van der Waals surface area contributed by atoms with Gasteiger partial charge < -0.3 is 21.1 Å². The molecule has 0 bridgehead atoms. The molecule has 1 unspecified atom stereocenters. The zero-order valence-electron chi connectivity index (χ0n) is 21.2. The molecule has 198 valence electrons. The molecule has 38 heavy (non-hydrogen) atoms. The lowest BCUT2D eigenvalue weighted by molar-refractivity contribution is -0.110. The van der Waals surface area contributed by atoms with E-state index >= 15 is 0 Å².